The summed E-state index contributed by atoms with van der Waals surface area (Å²) < 4.78 is 5.01. The van der Waals surface area contributed by atoms with Crippen LogP contribution in [0.5, 0.6) is 0 Å². The minimum Gasteiger partial charge on any atom is -0.447 e. The molecule has 4 nitrogen and oxygen atoms in total. The summed E-state index contributed by atoms with van der Waals surface area (Å²) in [5.74, 6) is -0.272. The number of carbonyl (C=O) groups is 2. The van der Waals surface area contributed by atoms with Gasteiger partial charge in [-0.2, -0.15) is 0 Å². The maximum absolute atomic E-state index is 12.1. The zero-order valence-corrected chi connectivity index (χ0v) is 11.1. The summed E-state index contributed by atoms with van der Waals surface area (Å²) in [4.78, 5) is 25.1. The zero-order valence-electron chi connectivity index (χ0n) is 11.1. The Bertz CT molecular complexity index is 507. The van der Waals surface area contributed by atoms with Crippen molar-refractivity contribution in [3.05, 3.63) is 47.5 Å². The lowest BCUT2D eigenvalue weighted by molar-refractivity contribution is -0.125. The van der Waals surface area contributed by atoms with Gasteiger partial charge in [0.15, 0.2) is 0 Å². The van der Waals surface area contributed by atoms with Crippen LogP contribution in [0.2, 0.25) is 0 Å². The first-order chi connectivity index (χ1) is 9.13. The van der Waals surface area contributed by atoms with Crippen LogP contribution < -0.4 is 0 Å². The molecule has 1 aliphatic heterocycles. The third-order valence-electron chi connectivity index (χ3n) is 3.26. The summed E-state index contributed by atoms with van der Waals surface area (Å²) >= 11 is 0. The Hall–Kier alpha value is -2.10. The zero-order chi connectivity index (χ0) is 13.8. The molecule has 2 amide bonds. The number of ether oxygens (including phenoxy) is 1. The number of nitrogens with zero attached hydrogens (tertiary/aromatic N) is 1. The molecular weight excluding hydrogens is 242 g/mol. The van der Waals surface area contributed by atoms with Crippen LogP contribution in [-0.4, -0.2) is 29.5 Å². The van der Waals surface area contributed by atoms with Gasteiger partial charge in [-0.15, -0.1) is 0 Å². The first-order valence-electron chi connectivity index (χ1n) is 6.30. The van der Waals surface area contributed by atoms with E-state index in [9.17, 15) is 9.59 Å². The number of amides is 2. The minimum atomic E-state index is -0.549. The van der Waals surface area contributed by atoms with Gasteiger partial charge in [-0.1, -0.05) is 36.4 Å². The standard InChI is InChI=1S/C15H17NO3/c1-3-11(2)14(17)16-13(10-19-15(16)18)9-12-7-5-4-6-8-12/h3-8,13H,9-10H2,1-2H3/t13-/m0/s1. The SMILES string of the molecule is CC=C(C)C(=O)N1C(=O)OC[C@@H]1Cc1ccccc1. The van der Waals surface area contributed by atoms with Crippen LogP contribution in [0.4, 0.5) is 4.79 Å². The normalized spacial score (nSPS) is 19.5. The number of hydrogen-bond donors (Lipinski definition) is 0. The minimum absolute atomic E-state index is 0.225. The Morgan fingerprint density at radius 2 is 2.11 bits per heavy atom. The van der Waals surface area contributed by atoms with E-state index in [0.29, 0.717) is 12.0 Å². The molecule has 0 unspecified atom stereocenters. The van der Waals surface area contributed by atoms with E-state index in [1.165, 1.54) is 4.90 Å². The quantitative estimate of drug-likeness (QED) is 0.784. The van der Waals surface area contributed by atoms with E-state index in [1.54, 1.807) is 19.9 Å². The van der Waals surface area contributed by atoms with Gasteiger partial charge in [-0.3, -0.25) is 4.79 Å². The molecule has 1 fully saturated rings. The largest absolute Gasteiger partial charge is 0.447 e. The van der Waals surface area contributed by atoms with E-state index in [1.807, 2.05) is 30.3 Å². The molecule has 1 aliphatic rings. The molecule has 0 N–H and O–H groups in total. The van der Waals surface area contributed by atoms with Crippen LogP contribution in [-0.2, 0) is 16.0 Å². The van der Waals surface area contributed by atoms with E-state index < -0.39 is 6.09 Å². The van der Waals surface area contributed by atoms with Crippen LogP contribution in [0.15, 0.2) is 42.0 Å². The van der Waals surface area contributed by atoms with Crippen molar-refractivity contribution in [3.8, 4) is 0 Å². The Morgan fingerprint density at radius 3 is 2.74 bits per heavy atom. The molecular formula is C15H17NO3. The highest BCUT2D eigenvalue weighted by Crippen LogP contribution is 2.19. The third-order valence-corrected chi connectivity index (χ3v) is 3.26. The average Bonchev–Trinajstić information content (AvgIpc) is 2.79. The lowest BCUT2D eigenvalue weighted by Crippen LogP contribution is -2.40. The van der Waals surface area contributed by atoms with Crippen molar-refractivity contribution in [2.24, 2.45) is 0 Å². The van der Waals surface area contributed by atoms with Gasteiger partial charge >= 0.3 is 6.09 Å². The molecule has 1 saturated heterocycles. The van der Waals surface area contributed by atoms with Crippen molar-refractivity contribution >= 4 is 12.0 Å². The van der Waals surface area contributed by atoms with E-state index in [0.717, 1.165) is 5.56 Å². The van der Waals surface area contributed by atoms with Gasteiger partial charge in [0.2, 0.25) is 0 Å². The number of hydrogen-bond acceptors (Lipinski definition) is 3. The number of benzene rings is 1. The lowest BCUT2D eigenvalue weighted by atomic mass is 10.1. The monoisotopic (exact) mass is 259 g/mol. The molecule has 0 spiro atoms. The summed E-state index contributed by atoms with van der Waals surface area (Å²) in [6, 6.07) is 9.55. The Labute approximate surface area is 112 Å². The maximum atomic E-state index is 12.1. The van der Waals surface area contributed by atoms with Crippen molar-refractivity contribution in [1.82, 2.24) is 4.90 Å². The van der Waals surface area contributed by atoms with Gasteiger partial charge < -0.3 is 4.74 Å². The van der Waals surface area contributed by atoms with Crippen molar-refractivity contribution < 1.29 is 14.3 Å². The van der Waals surface area contributed by atoms with Gasteiger partial charge in [0.1, 0.15) is 6.61 Å². The second-order valence-electron chi connectivity index (χ2n) is 4.57. The van der Waals surface area contributed by atoms with Gasteiger partial charge in [0, 0.05) is 5.57 Å². The van der Waals surface area contributed by atoms with Gasteiger partial charge in [0.05, 0.1) is 6.04 Å². The Balaban J connectivity index is 2.16. The molecule has 0 bridgehead atoms. The summed E-state index contributed by atoms with van der Waals surface area (Å²) in [5.41, 5.74) is 1.64. The molecule has 0 saturated carbocycles. The van der Waals surface area contributed by atoms with Crippen molar-refractivity contribution in [1.29, 1.82) is 0 Å². The molecule has 1 atom stereocenters. The molecule has 0 aliphatic carbocycles. The summed E-state index contributed by atoms with van der Waals surface area (Å²) in [7, 11) is 0. The fourth-order valence-corrected chi connectivity index (χ4v) is 2.06. The van der Waals surface area contributed by atoms with Crippen molar-refractivity contribution in [2.75, 3.05) is 6.61 Å². The summed E-state index contributed by atoms with van der Waals surface area (Å²) in [5, 5.41) is 0. The first-order valence-corrected chi connectivity index (χ1v) is 6.30. The topological polar surface area (TPSA) is 46.6 Å². The van der Waals surface area contributed by atoms with E-state index in [4.69, 9.17) is 4.74 Å². The highest BCUT2D eigenvalue weighted by atomic mass is 16.6. The summed E-state index contributed by atoms with van der Waals surface area (Å²) in [6.45, 7) is 3.74. The first kappa shape index (κ1) is 13.3. The number of allylic oxidation sites excluding steroid dienone is 1. The molecule has 1 heterocycles. The molecule has 4 heteroatoms. The number of carbonyl (C=O) groups excluding carboxylic acids is 2. The number of rotatable bonds is 3. The molecule has 19 heavy (non-hydrogen) atoms. The van der Waals surface area contributed by atoms with Crippen LogP contribution in [0.25, 0.3) is 0 Å². The fourth-order valence-electron chi connectivity index (χ4n) is 2.06. The highest BCUT2D eigenvalue weighted by Gasteiger charge is 2.38. The van der Waals surface area contributed by atoms with E-state index in [-0.39, 0.29) is 18.6 Å². The number of imide groups is 1. The maximum Gasteiger partial charge on any atom is 0.417 e. The Kier molecular flexibility index (Phi) is 4.00. The predicted molar refractivity (Wildman–Crippen MR) is 71.6 cm³/mol. The summed E-state index contributed by atoms with van der Waals surface area (Å²) in [6.07, 6.45) is 1.77. The Morgan fingerprint density at radius 1 is 1.42 bits per heavy atom. The molecule has 0 aromatic heterocycles. The fraction of sp³-hybridized carbons (Fsp3) is 0.333. The van der Waals surface area contributed by atoms with Crippen LogP contribution in [0, 0.1) is 0 Å². The van der Waals surface area contributed by atoms with Gasteiger partial charge in [-0.05, 0) is 25.8 Å². The van der Waals surface area contributed by atoms with Crippen LogP contribution in [0.1, 0.15) is 19.4 Å². The smallest absolute Gasteiger partial charge is 0.417 e. The van der Waals surface area contributed by atoms with Crippen LogP contribution in [0.3, 0.4) is 0 Å². The average molecular weight is 259 g/mol. The van der Waals surface area contributed by atoms with E-state index in [2.05, 4.69) is 0 Å². The highest BCUT2D eigenvalue weighted by molar-refractivity contribution is 6.03. The molecule has 100 valence electrons. The second kappa shape index (κ2) is 5.69. The lowest BCUT2D eigenvalue weighted by Gasteiger charge is -2.19. The molecule has 1 aromatic carbocycles. The van der Waals surface area contributed by atoms with Gasteiger partial charge in [0.25, 0.3) is 5.91 Å². The third kappa shape index (κ3) is 2.84. The number of cyclic esters (lactones) is 1. The van der Waals surface area contributed by atoms with Crippen molar-refractivity contribution in [3.63, 3.8) is 0 Å². The van der Waals surface area contributed by atoms with Gasteiger partial charge in [-0.25, -0.2) is 9.69 Å². The second-order valence-corrected chi connectivity index (χ2v) is 4.57. The molecule has 1 aromatic rings. The predicted octanol–water partition coefficient (Wildman–Crippen LogP) is 2.54. The molecule has 0 radical (unpaired) electrons. The van der Waals surface area contributed by atoms with Crippen LogP contribution >= 0.6 is 0 Å². The van der Waals surface area contributed by atoms with Crippen molar-refractivity contribution in [2.45, 2.75) is 26.3 Å². The van der Waals surface area contributed by atoms with E-state index >= 15 is 0 Å². The molecule has 2 rings (SSSR count).